The molecular weight excluding hydrogens is 357 g/mol. The Labute approximate surface area is 144 Å². The van der Waals surface area contributed by atoms with Crippen LogP contribution in [0.25, 0.3) is 0 Å². The molecule has 0 aliphatic carbocycles. The van der Waals surface area contributed by atoms with Crippen LogP contribution in [0.2, 0.25) is 0 Å². The molecular formula is C14H18FN3O6S. The van der Waals surface area contributed by atoms with Crippen LogP contribution in [0.3, 0.4) is 0 Å². The summed E-state index contributed by atoms with van der Waals surface area (Å²) in [5, 5.41) is 4.68. The van der Waals surface area contributed by atoms with Crippen molar-refractivity contribution < 1.29 is 31.9 Å². The molecule has 1 aromatic rings. The molecule has 1 rings (SSSR count). The molecule has 0 aliphatic heterocycles. The normalized spacial score (nSPS) is 10.8. The van der Waals surface area contributed by atoms with Gasteiger partial charge in [-0.2, -0.15) is 4.72 Å². The van der Waals surface area contributed by atoms with Gasteiger partial charge in [0.2, 0.25) is 15.9 Å². The van der Waals surface area contributed by atoms with Crippen LogP contribution in [-0.2, 0) is 29.1 Å². The van der Waals surface area contributed by atoms with Crippen molar-refractivity contribution in [1.82, 2.24) is 15.4 Å². The zero-order chi connectivity index (χ0) is 18.9. The van der Waals surface area contributed by atoms with Gasteiger partial charge in [0, 0.05) is 6.54 Å². The van der Waals surface area contributed by atoms with Crippen LogP contribution in [0.1, 0.15) is 6.92 Å². The number of hydrogen-bond acceptors (Lipinski definition) is 6. The number of hydrogen-bond donors (Lipinski definition) is 3. The first-order valence-corrected chi connectivity index (χ1v) is 8.67. The number of likely N-dealkylation sites (N-methyl/N-ethyl adjacent to an activating group) is 1. The molecule has 0 aliphatic rings. The summed E-state index contributed by atoms with van der Waals surface area (Å²) < 4.78 is 43.0. The van der Waals surface area contributed by atoms with E-state index in [-0.39, 0.29) is 11.4 Å². The molecule has 0 unspecified atom stereocenters. The summed E-state index contributed by atoms with van der Waals surface area (Å²) in [6.07, 6.45) is 0. The molecule has 0 aromatic heterocycles. The van der Waals surface area contributed by atoms with Crippen LogP contribution >= 0.6 is 0 Å². The Hall–Kier alpha value is -2.53. The van der Waals surface area contributed by atoms with E-state index >= 15 is 0 Å². The molecule has 0 bridgehead atoms. The third kappa shape index (κ3) is 7.72. The molecule has 0 radical (unpaired) electrons. The van der Waals surface area contributed by atoms with Crippen molar-refractivity contribution in [2.24, 2.45) is 0 Å². The van der Waals surface area contributed by atoms with Crippen LogP contribution < -0.4 is 15.4 Å². The fourth-order valence-electron chi connectivity index (χ4n) is 1.54. The molecule has 0 saturated carbocycles. The van der Waals surface area contributed by atoms with Gasteiger partial charge in [-0.05, 0) is 31.2 Å². The van der Waals surface area contributed by atoms with Crippen molar-refractivity contribution in [3.63, 3.8) is 0 Å². The lowest BCUT2D eigenvalue weighted by molar-refractivity contribution is -0.147. The predicted octanol–water partition coefficient (Wildman–Crippen LogP) is -1.10. The first-order valence-electron chi connectivity index (χ1n) is 7.19. The lowest BCUT2D eigenvalue weighted by Gasteiger charge is -2.08. The van der Waals surface area contributed by atoms with Gasteiger partial charge in [0.05, 0.1) is 11.4 Å². The lowest BCUT2D eigenvalue weighted by atomic mass is 10.4. The van der Waals surface area contributed by atoms with E-state index in [2.05, 4.69) is 15.4 Å². The number of benzene rings is 1. The van der Waals surface area contributed by atoms with Gasteiger partial charge in [-0.25, -0.2) is 12.8 Å². The number of nitrogens with one attached hydrogen (secondary N) is 3. The Balaban J connectivity index is 2.36. The van der Waals surface area contributed by atoms with E-state index in [1.807, 2.05) is 4.72 Å². The topological polar surface area (TPSA) is 131 Å². The summed E-state index contributed by atoms with van der Waals surface area (Å²) in [6, 6.07) is 4.01. The summed E-state index contributed by atoms with van der Waals surface area (Å²) in [6.45, 7) is 0.508. The van der Waals surface area contributed by atoms with Gasteiger partial charge in [0.25, 0.3) is 5.91 Å². The lowest BCUT2D eigenvalue weighted by Crippen LogP contribution is -2.39. The maximum Gasteiger partial charge on any atom is 0.321 e. The minimum atomic E-state index is -4.01. The molecule has 11 heteroatoms. The molecule has 25 heavy (non-hydrogen) atoms. The maximum atomic E-state index is 12.8. The predicted molar refractivity (Wildman–Crippen MR) is 84.2 cm³/mol. The second-order valence-electron chi connectivity index (χ2n) is 4.67. The van der Waals surface area contributed by atoms with Crippen LogP contribution in [0.4, 0.5) is 4.39 Å². The second kappa shape index (κ2) is 9.69. The zero-order valence-corrected chi connectivity index (χ0v) is 14.2. The number of carbonyl (C=O) groups excluding carboxylic acids is 3. The standard InChI is InChI=1S/C14H18FN3O6S/c1-2-16-12(19)7-17-13(20)9-24-14(21)8-18-25(22,23)11-5-3-10(15)4-6-11/h3-6,18H,2,7-9H2,1H3,(H,16,19)(H,17,20). The summed E-state index contributed by atoms with van der Waals surface area (Å²) in [4.78, 5) is 33.7. The highest BCUT2D eigenvalue weighted by Gasteiger charge is 2.16. The van der Waals surface area contributed by atoms with Crippen molar-refractivity contribution in [1.29, 1.82) is 0 Å². The average Bonchev–Trinajstić information content (AvgIpc) is 2.57. The second-order valence-corrected chi connectivity index (χ2v) is 6.44. The van der Waals surface area contributed by atoms with Crippen LogP contribution in [0, 0.1) is 5.82 Å². The fourth-order valence-corrected chi connectivity index (χ4v) is 2.51. The minimum Gasteiger partial charge on any atom is -0.455 e. The number of halogens is 1. The number of esters is 1. The Morgan fingerprint density at radius 2 is 1.68 bits per heavy atom. The molecule has 0 spiro atoms. The summed E-state index contributed by atoms with van der Waals surface area (Å²) in [5.41, 5.74) is 0. The molecule has 0 fully saturated rings. The molecule has 0 heterocycles. The number of rotatable bonds is 9. The Kier molecular flexibility index (Phi) is 7.95. The fraction of sp³-hybridized carbons (Fsp3) is 0.357. The van der Waals surface area contributed by atoms with Gasteiger partial charge in [0.15, 0.2) is 6.61 Å². The van der Waals surface area contributed by atoms with E-state index in [1.54, 1.807) is 6.92 Å². The summed E-state index contributed by atoms with van der Waals surface area (Å²) in [7, 11) is -4.01. The Morgan fingerprint density at radius 3 is 2.28 bits per heavy atom. The number of sulfonamides is 1. The highest BCUT2D eigenvalue weighted by atomic mass is 32.2. The van der Waals surface area contributed by atoms with Gasteiger partial charge in [-0.1, -0.05) is 0 Å². The van der Waals surface area contributed by atoms with Gasteiger partial charge >= 0.3 is 5.97 Å². The van der Waals surface area contributed by atoms with Crippen molar-refractivity contribution >= 4 is 27.8 Å². The monoisotopic (exact) mass is 375 g/mol. The van der Waals surface area contributed by atoms with E-state index in [0.29, 0.717) is 6.54 Å². The van der Waals surface area contributed by atoms with Gasteiger partial charge in [-0.3, -0.25) is 14.4 Å². The quantitative estimate of drug-likeness (QED) is 0.470. The summed E-state index contributed by atoms with van der Waals surface area (Å²) >= 11 is 0. The smallest absolute Gasteiger partial charge is 0.321 e. The number of ether oxygens (including phenoxy) is 1. The van der Waals surface area contributed by atoms with Crippen molar-refractivity contribution in [2.45, 2.75) is 11.8 Å². The van der Waals surface area contributed by atoms with Crippen LogP contribution in [0.15, 0.2) is 29.2 Å². The van der Waals surface area contributed by atoms with Crippen LogP contribution in [0.5, 0.6) is 0 Å². The molecule has 138 valence electrons. The Bertz CT molecular complexity index is 721. The minimum absolute atomic E-state index is 0.221. The molecule has 9 nitrogen and oxygen atoms in total. The number of carbonyl (C=O) groups is 3. The van der Waals surface area contributed by atoms with Crippen molar-refractivity contribution in [3.05, 3.63) is 30.1 Å². The molecule has 0 saturated heterocycles. The van der Waals surface area contributed by atoms with Crippen molar-refractivity contribution in [3.8, 4) is 0 Å². The van der Waals surface area contributed by atoms with E-state index in [0.717, 1.165) is 24.3 Å². The average molecular weight is 375 g/mol. The summed E-state index contributed by atoms with van der Waals surface area (Å²) in [5.74, 6) is -2.69. The van der Waals surface area contributed by atoms with Gasteiger partial charge in [0.1, 0.15) is 12.4 Å². The molecule has 3 N–H and O–H groups in total. The first kappa shape index (κ1) is 20.5. The van der Waals surface area contributed by atoms with Crippen LogP contribution in [-0.4, -0.2) is 52.4 Å². The first-order chi connectivity index (χ1) is 11.7. The van der Waals surface area contributed by atoms with Gasteiger partial charge < -0.3 is 15.4 Å². The third-order valence-corrected chi connectivity index (χ3v) is 4.13. The van der Waals surface area contributed by atoms with E-state index < -0.39 is 46.8 Å². The molecule has 2 amide bonds. The highest BCUT2D eigenvalue weighted by Crippen LogP contribution is 2.09. The number of amides is 2. The maximum absolute atomic E-state index is 12.8. The SMILES string of the molecule is CCNC(=O)CNC(=O)COC(=O)CNS(=O)(=O)c1ccc(F)cc1. The molecule has 0 atom stereocenters. The Morgan fingerprint density at radius 1 is 1.04 bits per heavy atom. The largest absolute Gasteiger partial charge is 0.455 e. The van der Waals surface area contributed by atoms with Crippen molar-refractivity contribution in [2.75, 3.05) is 26.2 Å². The van der Waals surface area contributed by atoms with E-state index in [1.165, 1.54) is 0 Å². The van der Waals surface area contributed by atoms with E-state index in [9.17, 15) is 27.2 Å². The zero-order valence-electron chi connectivity index (χ0n) is 13.4. The van der Waals surface area contributed by atoms with E-state index in [4.69, 9.17) is 0 Å². The molecule has 1 aromatic carbocycles. The third-order valence-electron chi connectivity index (χ3n) is 2.71. The van der Waals surface area contributed by atoms with Gasteiger partial charge in [-0.15, -0.1) is 0 Å². The highest BCUT2D eigenvalue weighted by molar-refractivity contribution is 7.89.